The standard InChI is InChI=1S/C24H18Cl3NO4/c25-18-6-1-17(2-7-18)14-31-22-8-3-16(4-9-22)5-10-24(30)32-15-23(29)28-21-12-19(26)11-20(27)13-21/h1-13H,14-15H2,(H,28,29)/b10-5+. The zero-order chi connectivity index (χ0) is 22.9. The van der Waals surface area contributed by atoms with Crippen LogP contribution in [0.5, 0.6) is 5.75 Å². The van der Waals surface area contributed by atoms with Gasteiger partial charge in [0.25, 0.3) is 5.91 Å². The van der Waals surface area contributed by atoms with E-state index in [1.165, 1.54) is 18.2 Å². The summed E-state index contributed by atoms with van der Waals surface area (Å²) in [5.74, 6) is -0.461. The molecule has 0 bridgehead atoms. The van der Waals surface area contributed by atoms with Crippen LogP contribution in [-0.2, 0) is 20.9 Å². The molecule has 1 N–H and O–H groups in total. The highest BCUT2D eigenvalue weighted by molar-refractivity contribution is 6.35. The normalized spacial score (nSPS) is 10.7. The number of halogens is 3. The Bertz CT molecular complexity index is 1090. The van der Waals surface area contributed by atoms with Crippen LogP contribution < -0.4 is 10.1 Å². The first-order valence-electron chi connectivity index (χ1n) is 9.45. The van der Waals surface area contributed by atoms with Crippen LogP contribution in [0.1, 0.15) is 11.1 Å². The van der Waals surface area contributed by atoms with Crippen molar-refractivity contribution < 1.29 is 19.1 Å². The molecular formula is C24H18Cl3NO4. The fourth-order valence-corrected chi connectivity index (χ4v) is 3.25. The van der Waals surface area contributed by atoms with E-state index >= 15 is 0 Å². The van der Waals surface area contributed by atoms with Gasteiger partial charge in [0.1, 0.15) is 12.4 Å². The van der Waals surface area contributed by atoms with E-state index in [9.17, 15) is 9.59 Å². The lowest BCUT2D eigenvalue weighted by Crippen LogP contribution is -2.20. The lowest BCUT2D eigenvalue weighted by Gasteiger charge is -2.07. The summed E-state index contributed by atoms with van der Waals surface area (Å²) in [6.07, 6.45) is 2.83. The average molecular weight is 491 g/mol. The maximum Gasteiger partial charge on any atom is 0.331 e. The van der Waals surface area contributed by atoms with E-state index in [2.05, 4.69) is 5.32 Å². The second-order valence-corrected chi connectivity index (χ2v) is 7.94. The number of hydrogen-bond donors (Lipinski definition) is 1. The molecule has 1 amide bonds. The zero-order valence-corrected chi connectivity index (χ0v) is 19.0. The molecule has 0 aromatic heterocycles. The Labute approximate surface area is 200 Å². The minimum Gasteiger partial charge on any atom is -0.489 e. The molecule has 0 saturated carbocycles. The fourth-order valence-electron chi connectivity index (χ4n) is 2.59. The van der Waals surface area contributed by atoms with Gasteiger partial charge in [0.15, 0.2) is 6.61 Å². The molecule has 0 radical (unpaired) electrons. The summed E-state index contributed by atoms with van der Waals surface area (Å²) in [5.41, 5.74) is 2.19. The van der Waals surface area contributed by atoms with Crippen LogP contribution in [0.15, 0.2) is 72.8 Å². The van der Waals surface area contributed by atoms with Gasteiger partial charge in [0, 0.05) is 26.8 Å². The van der Waals surface area contributed by atoms with Crippen molar-refractivity contribution in [1.29, 1.82) is 0 Å². The van der Waals surface area contributed by atoms with Crippen LogP contribution in [-0.4, -0.2) is 18.5 Å². The Balaban J connectivity index is 1.43. The summed E-state index contributed by atoms with van der Waals surface area (Å²) in [6.45, 7) is -0.0209. The number of anilines is 1. The van der Waals surface area contributed by atoms with Gasteiger partial charge in [-0.05, 0) is 59.7 Å². The maximum absolute atomic E-state index is 11.9. The number of esters is 1. The summed E-state index contributed by atoms with van der Waals surface area (Å²) in [4.78, 5) is 23.8. The largest absolute Gasteiger partial charge is 0.489 e. The molecule has 0 fully saturated rings. The molecule has 3 rings (SSSR count). The number of nitrogens with one attached hydrogen (secondary N) is 1. The maximum atomic E-state index is 11.9. The smallest absolute Gasteiger partial charge is 0.331 e. The van der Waals surface area contributed by atoms with Crippen molar-refractivity contribution in [2.24, 2.45) is 0 Å². The number of carbonyl (C=O) groups is 2. The number of carbonyl (C=O) groups excluding carboxylic acids is 2. The van der Waals surface area contributed by atoms with Gasteiger partial charge in [0.05, 0.1) is 0 Å². The lowest BCUT2D eigenvalue weighted by molar-refractivity contribution is -0.142. The number of ether oxygens (including phenoxy) is 2. The summed E-state index contributed by atoms with van der Waals surface area (Å²) in [7, 11) is 0. The molecule has 164 valence electrons. The third kappa shape index (κ3) is 7.93. The van der Waals surface area contributed by atoms with Gasteiger partial charge in [-0.3, -0.25) is 4.79 Å². The zero-order valence-electron chi connectivity index (χ0n) is 16.7. The van der Waals surface area contributed by atoms with Gasteiger partial charge in [-0.1, -0.05) is 59.1 Å². The minimum absolute atomic E-state index is 0.383. The molecule has 0 atom stereocenters. The third-order valence-corrected chi connectivity index (χ3v) is 4.79. The minimum atomic E-state index is -0.646. The predicted octanol–water partition coefficient (Wildman–Crippen LogP) is 6.42. The molecule has 0 aliphatic carbocycles. The Hall–Kier alpha value is -2.99. The second kappa shape index (κ2) is 11.6. The molecule has 5 nitrogen and oxygen atoms in total. The van der Waals surface area contributed by atoms with E-state index < -0.39 is 18.5 Å². The van der Waals surface area contributed by atoms with Crippen LogP contribution in [0.4, 0.5) is 5.69 Å². The molecule has 8 heteroatoms. The summed E-state index contributed by atoms with van der Waals surface area (Å²) in [6, 6.07) is 19.2. The summed E-state index contributed by atoms with van der Waals surface area (Å²) >= 11 is 17.6. The van der Waals surface area contributed by atoms with Crippen molar-refractivity contribution in [2.75, 3.05) is 11.9 Å². The van der Waals surface area contributed by atoms with Gasteiger partial charge in [-0.25, -0.2) is 4.79 Å². The topological polar surface area (TPSA) is 64.6 Å². The highest BCUT2D eigenvalue weighted by Crippen LogP contribution is 2.22. The number of rotatable bonds is 8. The van der Waals surface area contributed by atoms with E-state index in [4.69, 9.17) is 44.3 Å². The van der Waals surface area contributed by atoms with Gasteiger partial charge in [0.2, 0.25) is 0 Å². The molecule has 0 aliphatic rings. The summed E-state index contributed by atoms with van der Waals surface area (Å²) < 4.78 is 10.7. The van der Waals surface area contributed by atoms with Crippen molar-refractivity contribution in [3.63, 3.8) is 0 Å². The first-order valence-corrected chi connectivity index (χ1v) is 10.6. The van der Waals surface area contributed by atoms with Gasteiger partial charge in [-0.15, -0.1) is 0 Å². The van der Waals surface area contributed by atoms with Crippen LogP contribution in [0.25, 0.3) is 6.08 Å². The van der Waals surface area contributed by atoms with Crippen molar-refractivity contribution >= 4 is 58.4 Å². The number of amides is 1. The molecule has 3 aromatic rings. The first-order chi connectivity index (χ1) is 15.4. The van der Waals surface area contributed by atoms with Gasteiger partial charge < -0.3 is 14.8 Å². The Kier molecular flexibility index (Phi) is 8.56. The monoisotopic (exact) mass is 489 g/mol. The predicted molar refractivity (Wildman–Crippen MR) is 127 cm³/mol. The number of benzene rings is 3. The van der Waals surface area contributed by atoms with Crippen molar-refractivity contribution in [3.8, 4) is 5.75 Å². The lowest BCUT2D eigenvalue weighted by atomic mass is 10.2. The summed E-state index contributed by atoms with van der Waals surface area (Å²) in [5, 5.41) is 4.00. The van der Waals surface area contributed by atoms with Crippen molar-refractivity contribution in [2.45, 2.75) is 6.61 Å². The molecule has 0 saturated heterocycles. The Morgan fingerprint density at radius 3 is 2.16 bits per heavy atom. The van der Waals surface area contributed by atoms with Crippen LogP contribution in [0.2, 0.25) is 15.1 Å². The van der Waals surface area contributed by atoms with Crippen LogP contribution in [0, 0.1) is 0 Å². The molecule has 3 aromatic carbocycles. The molecule has 32 heavy (non-hydrogen) atoms. The molecule has 0 heterocycles. The van der Waals surface area contributed by atoms with Crippen molar-refractivity contribution in [1.82, 2.24) is 0 Å². The van der Waals surface area contributed by atoms with Gasteiger partial charge >= 0.3 is 5.97 Å². The van der Waals surface area contributed by atoms with Crippen molar-refractivity contribution in [3.05, 3.63) is 99.0 Å². The first kappa shape index (κ1) is 23.7. The highest BCUT2D eigenvalue weighted by atomic mass is 35.5. The molecule has 0 unspecified atom stereocenters. The highest BCUT2D eigenvalue weighted by Gasteiger charge is 2.07. The third-order valence-electron chi connectivity index (χ3n) is 4.10. The van der Waals surface area contributed by atoms with E-state index in [1.807, 2.05) is 24.3 Å². The van der Waals surface area contributed by atoms with E-state index in [0.29, 0.717) is 33.1 Å². The van der Waals surface area contributed by atoms with E-state index in [-0.39, 0.29) is 0 Å². The van der Waals surface area contributed by atoms with Crippen LogP contribution in [0.3, 0.4) is 0 Å². The second-order valence-electron chi connectivity index (χ2n) is 6.63. The van der Waals surface area contributed by atoms with E-state index in [1.54, 1.807) is 36.4 Å². The fraction of sp³-hybridized carbons (Fsp3) is 0.0833. The molecular weight excluding hydrogens is 473 g/mol. The SMILES string of the molecule is O=C(COC(=O)/C=C/c1ccc(OCc2ccc(Cl)cc2)cc1)Nc1cc(Cl)cc(Cl)c1. The van der Waals surface area contributed by atoms with Crippen LogP contribution >= 0.6 is 34.8 Å². The molecule has 0 aliphatic heterocycles. The Morgan fingerprint density at radius 2 is 1.50 bits per heavy atom. The quantitative estimate of drug-likeness (QED) is 0.292. The Morgan fingerprint density at radius 1 is 0.844 bits per heavy atom. The van der Waals surface area contributed by atoms with Gasteiger partial charge in [-0.2, -0.15) is 0 Å². The average Bonchev–Trinajstić information content (AvgIpc) is 2.76. The van der Waals surface area contributed by atoms with E-state index in [0.717, 1.165) is 11.1 Å². The number of hydrogen-bond acceptors (Lipinski definition) is 4. The molecule has 0 spiro atoms.